The molecule has 0 aliphatic rings. The zero-order valence-electron chi connectivity index (χ0n) is 10.7. The molecule has 0 saturated carbocycles. The van der Waals surface area contributed by atoms with Crippen molar-refractivity contribution in [3.63, 3.8) is 0 Å². The predicted octanol–water partition coefficient (Wildman–Crippen LogP) is 3.27. The van der Waals surface area contributed by atoms with Crippen molar-refractivity contribution >= 4 is 28.6 Å². The van der Waals surface area contributed by atoms with E-state index in [9.17, 15) is 9.35 Å². The summed E-state index contributed by atoms with van der Waals surface area (Å²) >= 11 is 4.50. The van der Waals surface area contributed by atoms with E-state index in [2.05, 4.69) is 0 Å². The average Bonchev–Trinajstić information content (AvgIpc) is 2.14. The van der Waals surface area contributed by atoms with Crippen LogP contribution in [0.15, 0.2) is 11.5 Å². The van der Waals surface area contributed by atoms with Crippen molar-refractivity contribution in [1.82, 2.24) is 0 Å². The number of ketones is 1. The van der Waals surface area contributed by atoms with Gasteiger partial charge in [0.2, 0.25) is 0 Å². The van der Waals surface area contributed by atoms with Crippen LogP contribution in [0.4, 0.5) is 0 Å². The van der Waals surface area contributed by atoms with E-state index in [0.717, 1.165) is 0 Å². The zero-order valence-corrected chi connectivity index (χ0v) is 12.2. The molecule has 0 rings (SSSR count). The van der Waals surface area contributed by atoms with E-state index in [4.69, 9.17) is 11.6 Å². The maximum absolute atomic E-state index is 11.7. The SMILES string of the molecule is CC(C)(C/C=C/[S+]([O-])C(C)(C)C)C(=O)CCl. The summed E-state index contributed by atoms with van der Waals surface area (Å²) in [5.41, 5.74) is -0.472. The number of hydrogen-bond donors (Lipinski definition) is 0. The Balaban J connectivity index is 4.35. The Labute approximate surface area is 107 Å². The van der Waals surface area contributed by atoms with Gasteiger partial charge in [-0.15, -0.1) is 11.6 Å². The van der Waals surface area contributed by atoms with Gasteiger partial charge < -0.3 is 4.55 Å². The predicted molar refractivity (Wildman–Crippen MR) is 71.2 cm³/mol. The first kappa shape index (κ1) is 16.0. The minimum Gasteiger partial charge on any atom is -0.611 e. The van der Waals surface area contributed by atoms with Gasteiger partial charge in [0, 0.05) is 5.41 Å². The Morgan fingerprint density at radius 1 is 1.31 bits per heavy atom. The van der Waals surface area contributed by atoms with Gasteiger partial charge in [-0.2, -0.15) is 0 Å². The van der Waals surface area contributed by atoms with Crippen molar-refractivity contribution in [2.75, 3.05) is 5.88 Å². The molecule has 0 amide bonds. The Kier molecular flexibility index (Phi) is 6.09. The van der Waals surface area contributed by atoms with E-state index in [0.29, 0.717) is 6.42 Å². The molecule has 0 saturated heterocycles. The number of carbonyl (C=O) groups excluding carboxylic acids is 1. The number of allylic oxidation sites excluding steroid dienone is 1. The molecule has 0 aromatic rings. The fraction of sp³-hybridized carbons (Fsp3) is 0.750. The van der Waals surface area contributed by atoms with Crippen molar-refractivity contribution in [1.29, 1.82) is 0 Å². The number of halogens is 1. The van der Waals surface area contributed by atoms with Crippen LogP contribution in [0.3, 0.4) is 0 Å². The van der Waals surface area contributed by atoms with Crippen LogP contribution in [-0.2, 0) is 16.0 Å². The van der Waals surface area contributed by atoms with Gasteiger partial charge in [0.05, 0.1) is 5.88 Å². The van der Waals surface area contributed by atoms with Crippen LogP contribution in [0.2, 0.25) is 0 Å². The molecule has 4 heteroatoms. The van der Waals surface area contributed by atoms with Crippen LogP contribution in [0, 0.1) is 5.41 Å². The number of hydrogen-bond acceptors (Lipinski definition) is 2. The lowest BCUT2D eigenvalue weighted by atomic mass is 9.85. The summed E-state index contributed by atoms with van der Waals surface area (Å²) in [6.07, 6.45) is 2.38. The van der Waals surface area contributed by atoms with Crippen LogP contribution in [0.25, 0.3) is 0 Å². The summed E-state index contributed by atoms with van der Waals surface area (Å²) in [5.74, 6) is 0.0452. The van der Waals surface area contributed by atoms with Gasteiger partial charge in [-0.3, -0.25) is 4.79 Å². The highest BCUT2D eigenvalue weighted by molar-refractivity contribution is 7.95. The first-order valence-corrected chi connectivity index (χ1v) is 7.02. The summed E-state index contributed by atoms with van der Waals surface area (Å²) in [7, 11) is 0. The van der Waals surface area contributed by atoms with Crippen LogP contribution < -0.4 is 0 Å². The molecule has 0 aliphatic heterocycles. The summed E-state index contributed by atoms with van der Waals surface area (Å²) in [5, 5.41) is 1.67. The van der Waals surface area contributed by atoms with Crippen molar-refractivity contribution in [2.45, 2.75) is 45.8 Å². The van der Waals surface area contributed by atoms with E-state index < -0.39 is 16.6 Å². The molecule has 1 unspecified atom stereocenters. The lowest BCUT2D eigenvalue weighted by Gasteiger charge is -2.22. The normalized spacial score (nSPS) is 15.4. The van der Waals surface area contributed by atoms with E-state index in [1.807, 2.05) is 40.7 Å². The highest BCUT2D eigenvalue weighted by Gasteiger charge is 2.26. The molecule has 16 heavy (non-hydrogen) atoms. The molecule has 0 aromatic heterocycles. The number of Topliss-reactive ketones (excluding diaryl/α,β-unsaturated/α-hetero) is 1. The molecule has 0 aromatic carbocycles. The smallest absolute Gasteiger partial charge is 0.153 e. The zero-order chi connectivity index (χ0) is 13.0. The van der Waals surface area contributed by atoms with Gasteiger partial charge in [0.25, 0.3) is 0 Å². The summed E-state index contributed by atoms with van der Waals surface area (Å²) in [6.45, 7) is 9.46. The molecular weight excluding hydrogens is 244 g/mol. The van der Waals surface area contributed by atoms with Gasteiger partial charge in [-0.05, 0) is 44.4 Å². The van der Waals surface area contributed by atoms with Crippen LogP contribution >= 0.6 is 11.6 Å². The van der Waals surface area contributed by atoms with Crippen LogP contribution in [0.1, 0.15) is 41.0 Å². The summed E-state index contributed by atoms with van der Waals surface area (Å²) in [6, 6.07) is 0. The molecule has 0 N–H and O–H groups in total. The number of rotatable bonds is 5. The highest BCUT2D eigenvalue weighted by Crippen LogP contribution is 2.24. The second kappa shape index (κ2) is 6.08. The van der Waals surface area contributed by atoms with Crippen LogP contribution in [-0.4, -0.2) is 21.0 Å². The largest absolute Gasteiger partial charge is 0.611 e. The van der Waals surface area contributed by atoms with Crippen molar-refractivity contribution in [3.05, 3.63) is 11.5 Å². The summed E-state index contributed by atoms with van der Waals surface area (Å²) in [4.78, 5) is 11.5. The molecule has 94 valence electrons. The Hall–Kier alpha value is 0.01000. The van der Waals surface area contributed by atoms with E-state index in [1.54, 1.807) is 5.41 Å². The Morgan fingerprint density at radius 3 is 2.19 bits per heavy atom. The van der Waals surface area contributed by atoms with Gasteiger partial charge in [0.15, 0.2) is 5.78 Å². The fourth-order valence-corrected chi connectivity index (χ4v) is 1.97. The highest BCUT2D eigenvalue weighted by atomic mass is 35.5. The van der Waals surface area contributed by atoms with Crippen molar-refractivity contribution < 1.29 is 9.35 Å². The topological polar surface area (TPSA) is 40.1 Å². The fourth-order valence-electron chi connectivity index (χ4n) is 0.929. The van der Waals surface area contributed by atoms with Gasteiger partial charge >= 0.3 is 0 Å². The minimum atomic E-state index is -1.01. The third-order valence-electron chi connectivity index (χ3n) is 2.33. The summed E-state index contributed by atoms with van der Waals surface area (Å²) < 4.78 is 11.5. The van der Waals surface area contributed by atoms with Crippen molar-refractivity contribution in [3.8, 4) is 0 Å². The molecule has 0 spiro atoms. The Morgan fingerprint density at radius 2 is 1.81 bits per heavy atom. The molecule has 2 nitrogen and oxygen atoms in total. The molecule has 0 bridgehead atoms. The number of carbonyl (C=O) groups is 1. The van der Waals surface area contributed by atoms with Gasteiger partial charge in [-0.1, -0.05) is 13.8 Å². The molecule has 0 heterocycles. The standard InChI is InChI=1S/C12H21ClO2S/c1-11(2,3)16(15)8-6-7-12(4,5)10(14)9-13/h6,8H,7,9H2,1-5H3/b8-6+. The Bertz CT molecular complexity index is 267. The molecule has 0 radical (unpaired) electrons. The van der Waals surface area contributed by atoms with E-state index in [1.165, 1.54) is 0 Å². The quantitative estimate of drug-likeness (QED) is 0.565. The maximum Gasteiger partial charge on any atom is 0.153 e. The monoisotopic (exact) mass is 264 g/mol. The molecular formula is C12H21ClO2S. The third kappa shape index (κ3) is 5.37. The minimum absolute atomic E-state index is 0.0142. The van der Waals surface area contributed by atoms with E-state index in [-0.39, 0.29) is 16.4 Å². The second-order valence-corrected chi connectivity index (χ2v) is 7.79. The lowest BCUT2D eigenvalue weighted by molar-refractivity contribution is -0.124. The molecule has 0 aliphatic carbocycles. The van der Waals surface area contributed by atoms with Crippen molar-refractivity contribution in [2.24, 2.45) is 5.41 Å². The van der Waals surface area contributed by atoms with Crippen LogP contribution in [0.5, 0.6) is 0 Å². The lowest BCUT2D eigenvalue weighted by Crippen LogP contribution is -2.27. The van der Waals surface area contributed by atoms with E-state index >= 15 is 0 Å². The molecule has 1 atom stereocenters. The molecule has 0 fully saturated rings. The maximum atomic E-state index is 11.7. The first-order chi connectivity index (χ1) is 7.11. The third-order valence-corrected chi connectivity index (χ3v) is 4.22. The average molecular weight is 265 g/mol. The van der Waals surface area contributed by atoms with Gasteiger partial charge in [0.1, 0.15) is 10.2 Å². The first-order valence-electron chi connectivity index (χ1n) is 5.28. The number of alkyl halides is 1. The van der Waals surface area contributed by atoms with Gasteiger partial charge in [-0.25, -0.2) is 0 Å². The second-order valence-electron chi connectivity index (χ2n) is 5.43.